The zero-order valence-electron chi connectivity index (χ0n) is 26.4. The van der Waals surface area contributed by atoms with Gasteiger partial charge in [-0.1, -0.05) is 0 Å². The molecule has 14 nitrogen and oxygen atoms in total. The molecule has 6 rings (SSSR count). The van der Waals surface area contributed by atoms with Crippen molar-refractivity contribution >= 4 is 47.6 Å². The standard InChI is InChI=1S/C30H38BF2N9O5/c1-4-34-29(46)26-24(44)25(45)30(47-26)40-16-39-23-27(37-15-38-28(23)40)36-12-6-5-11-35-22(43)10-9-19-7-8-20-14-21-17(2)13-18(3)41(21)31(32,33)42(19)20/h7-8,13-16,24-26,30,44-45H,4-6,9-12H2,1-3H3,(H,34,46)(H,35,43)(H,36,37,38)/t24-,25+,26-,30+/m0/s1. The van der Waals surface area contributed by atoms with Crippen LogP contribution in [0.2, 0.25) is 0 Å². The van der Waals surface area contributed by atoms with E-state index in [0.29, 0.717) is 72.3 Å². The largest absolute Gasteiger partial charge is 0.737 e. The van der Waals surface area contributed by atoms with Gasteiger partial charge in [-0.3, -0.25) is 14.2 Å². The van der Waals surface area contributed by atoms with E-state index in [1.54, 1.807) is 38.1 Å². The van der Waals surface area contributed by atoms with Gasteiger partial charge in [-0.2, -0.15) is 0 Å². The number of likely N-dealkylation sites (N-methyl/N-ethyl adjacent to an activating group) is 1. The monoisotopic (exact) mass is 653 g/mol. The first-order valence-corrected chi connectivity index (χ1v) is 15.8. The molecule has 0 aromatic carbocycles. The fraction of sp³-hybridized carbons (Fsp3) is 0.467. The molecule has 250 valence electrons. The maximum Gasteiger partial charge on any atom is 0.737 e. The average Bonchev–Trinajstić information content (AvgIpc) is 3.79. The molecule has 0 spiro atoms. The Balaban J connectivity index is 0.973. The molecule has 1 fully saturated rings. The van der Waals surface area contributed by atoms with Gasteiger partial charge in [0.25, 0.3) is 5.91 Å². The molecular weight excluding hydrogens is 615 g/mol. The van der Waals surface area contributed by atoms with Crippen molar-refractivity contribution in [2.24, 2.45) is 0 Å². The number of unbranched alkanes of at least 4 members (excludes halogenated alkanes) is 1. The number of fused-ring (bicyclic) bond motifs is 3. The maximum atomic E-state index is 15.6. The molecule has 17 heteroatoms. The van der Waals surface area contributed by atoms with Crippen LogP contribution in [0, 0.1) is 13.8 Å². The van der Waals surface area contributed by atoms with Crippen LogP contribution in [0.15, 0.2) is 36.6 Å². The number of ether oxygens (including phenoxy) is 1. The van der Waals surface area contributed by atoms with Gasteiger partial charge in [0, 0.05) is 56.4 Å². The van der Waals surface area contributed by atoms with E-state index in [-0.39, 0.29) is 18.7 Å². The molecule has 2 amide bonds. The van der Waals surface area contributed by atoms with Crippen molar-refractivity contribution in [1.82, 2.24) is 34.6 Å². The number of aromatic nitrogens is 5. The van der Waals surface area contributed by atoms with Crippen LogP contribution in [0.3, 0.4) is 0 Å². The zero-order chi connectivity index (χ0) is 33.5. The molecule has 3 aromatic heterocycles. The number of aliphatic hydroxyl groups is 2. The predicted octanol–water partition coefficient (Wildman–Crippen LogP) is 1.39. The molecule has 4 atom stereocenters. The average molecular weight is 654 g/mol. The highest BCUT2D eigenvalue weighted by Gasteiger charge is 2.52. The fourth-order valence-corrected chi connectivity index (χ4v) is 6.46. The minimum Gasteiger partial charge on any atom is -0.394 e. The van der Waals surface area contributed by atoms with Crippen molar-refractivity contribution in [2.75, 3.05) is 25.0 Å². The summed E-state index contributed by atoms with van der Waals surface area (Å²) < 4.78 is 40.5. The minimum absolute atomic E-state index is 0.0897. The van der Waals surface area contributed by atoms with Gasteiger partial charge >= 0.3 is 6.97 Å². The summed E-state index contributed by atoms with van der Waals surface area (Å²) in [5.74, 6) is -0.282. The summed E-state index contributed by atoms with van der Waals surface area (Å²) in [6.07, 6.45) is 4.37. The van der Waals surface area contributed by atoms with E-state index in [0.717, 1.165) is 14.5 Å². The van der Waals surface area contributed by atoms with Crippen LogP contribution in [0.25, 0.3) is 17.2 Å². The van der Waals surface area contributed by atoms with Crippen molar-refractivity contribution in [3.05, 3.63) is 53.5 Å². The summed E-state index contributed by atoms with van der Waals surface area (Å²) in [5.41, 5.74) is 3.45. The molecule has 0 unspecified atom stereocenters. The Morgan fingerprint density at radius 3 is 2.66 bits per heavy atom. The lowest BCUT2D eigenvalue weighted by Crippen LogP contribution is -2.50. The Morgan fingerprint density at radius 2 is 1.87 bits per heavy atom. The molecule has 0 bridgehead atoms. The summed E-state index contributed by atoms with van der Waals surface area (Å²) in [5, 5.41) is 29.6. The number of hydrogen-bond acceptors (Lipinski definition) is 9. The zero-order valence-corrected chi connectivity index (χ0v) is 26.4. The molecule has 3 aromatic rings. The Labute approximate surface area is 269 Å². The topological polar surface area (TPSA) is 171 Å². The minimum atomic E-state index is -4.06. The van der Waals surface area contributed by atoms with Crippen molar-refractivity contribution < 1.29 is 37.7 Å². The number of carbonyl (C=O) groups is 2. The van der Waals surface area contributed by atoms with Gasteiger partial charge in [0.05, 0.1) is 6.33 Å². The number of anilines is 1. The third-order valence-electron chi connectivity index (χ3n) is 8.72. The number of carbonyl (C=O) groups excluding carboxylic acids is 2. The van der Waals surface area contributed by atoms with Gasteiger partial charge in [0.15, 0.2) is 35.0 Å². The molecule has 3 aliphatic rings. The second kappa shape index (κ2) is 13.0. The summed E-state index contributed by atoms with van der Waals surface area (Å²) in [6, 6.07) is 1.76. The fourth-order valence-electron chi connectivity index (χ4n) is 6.46. The quantitative estimate of drug-likeness (QED) is 0.143. The smallest absolute Gasteiger partial charge is 0.394 e. The van der Waals surface area contributed by atoms with Crippen LogP contribution in [0.1, 0.15) is 55.8 Å². The van der Waals surface area contributed by atoms with E-state index in [9.17, 15) is 19.8 Å². The number of imidazole rings is 1. The Bertz CT molecular complexity index is 1800. The van der Waals surface area contributed by atoms with E-state index in [4.69, 9.17) is 4.74 Å². The first kappa shape index (κ1) is 32.5. The highest BCUT2D eigenvalue weighted by molar-refractivity contribution is 6.58. The second-order valence-corrected chi connectivity index (χ2v) is 11.9. The molecule has 47 heavy (non-hydrogen) atoms. The van der Waals surface area contributed by atoms with E-state index in [1.165, 1.54) is 17.2 Å². The number of allylic oxidation sites excluding steroid dienone is 2. The Kier molecular flexibility index (Phi) is 8.96. The van der Waals surface area contributed by atoms with Crippen LogP contribution < -0.4 is 16.0 Å². The summed E-state index contributed by atoms with van der Waals surface area (Å²) >= 11 is 0. The van der Waals surface area contributed by atoms with Gasteiger partial charge in [0.2, 0.25) is 5.91 Å². The highest BCUT2D eigenvalue weighted by Crippen LogP contribution is 2.35. The number of nitrogens with one attached hydrogen (secondary N) is 3. The predicted molar refractivity (Wildman–Crippen MR) is 170 cm³/mol. The van der Waals surface area contributed by atoms with E-state index < -0.39 is 37.4 Å². The summed E-state index contributed by atoms with van der Waals surface area (Å²) in [6.45, 7) is 2.47. The van der Waals surface area contributed by atoms with Gasteiger partial charge < -0.3 is 48.5 Å². The molecule has 3 aliphatic heterocycles. The first-order valence-electron chi connectivity index (χ1n) is 15.8. The number of halogens is 2. The lowest BCUT2D eigenvalue weighted by molar-refractivity contribution is -0.362. The Hall–Kier alpha value is -4.48. The van der Waals surface area contributed by atoms with Gasteiger partial charge in [0.1, 0.15) is 24.2 Å². The lowest BCUT2D eigenvalue weighted by atomic mass is 9.90. The maximum absolute atomic E-state index is 15.6. The van der Waals surface area contributed by atoms with Crippen molar-refractivity contribution in [1.29, 1.82) is 0 Å². The number of aliphatic hydroxyl groups excluding tert-OH is 2. The van der Waals surface area contributed by atoms with Crippen LogP contribution in [0.5, 0.6) is 0 Å². The van der Waals surface area contributed by atoms with Crippen molar-refractivity contribution in [3.63, 3.8) is 0 Å². The SMILES string of the molecule is CCNC(=O)[C@H]1O[C@@H](n2cnc3c(NCCCCNC(=O)CCC4=[N+]5C(=Cc6c(C)cc(C)n6[B-]5(F)F)C=C4)ncnc32)[C@H](O)[C@@H]1O. The number of aryl methyl sites for hydroxylation is 2. The van der Waals surface area contributed by atoms with Crippen LogP contribution in [-0.4, -0.2) is 101 Å². The van der Waals surface area contributed by atoms with E-state index in [2.05, 4.69) is 30.9 Å². The molecule has 0 saturated carbocycles. The van der Waals surface area contributed by atoms with Gasteiger partial charge in [-0.15, -0.1) is 0 Å². The number of rotatable bonds is 12. The van der Waals surface area contributed by atoms with Crippen molar-refractivity contribution in [3.8, 4) is 0 Å². The second-order valence-electron chi connectivity index (χ2n) is 11.9. The van der Waals surface area contributed by atoms with Crippen LogP contribution in [-0.2, 0) is 14.3 Å². The van der Waals surface area contributed by atoms with E-state index in [1.807, 2.05) is 6.92 Å². The van der Waals surface area contributed by atoms with E-state index >= 15 is 8.63 Å². The summed E-state index contributed by atoms with van der Waals surface area (Å²) in [7, 11) is 0. The highest BCUT2D eigenvalue weighted by atomic mass is 19.2. The molecule has 0 radical (unpaired) electrons. The lowest BCUT2D eigenvalue weighted by Gasteiger charge is -2.30. The molecule has 6 heterocycles. The third-order valence-corrected chi connectivity index (χ3v) is 8.72. The Morgan fingerprint density at radius 1 is 1.09 bits per heavy atom. The van der Waals surface area contributed by atoms with Crippen molar-refractivity contribution in [2.45, 2.75) is 71.0 Å². The first-order chi connectivity index (χ1) is 22.5. The molecule has 5 N–H and O–H groups in total. The molecule has 1 saturated heterocycles. The number of amides is 2. The van der Waals surface area contributed by atoms with Gasteiger partial charge in [-0.05, 0) is 50.9 Å². The number of nitrogens with zero attached hydrogens (tertiary/aromatic N) is 6. The molecule has 0 aliphatic carbocycles. The third kappa shape index (κ3) is 5.94. The number of hydrogen-bond donors (Lipinski definition) is 5. The van der Waals surface area contributed by atoms with Crippen LogP contribution in [0.4, 0.5) is 14.4 Å². The summed E-state index contributed by atoms with van der Waals surface area (Å²) in [4.78, 5) is 37.7. The molecular formula is C30H38BF2N9O5. The normalized spacial score (nSPS) is 22.7. The van der Waals surface area contributed by atoms with Gasteiger partial charge in [-0.25, -0.2) is 15.0 Å². The van der Waals surface area contributed by atoms with Crippen LogP contribution >= 0.6 is 0 Å².